The van der Waals surface area contributed by atoms with Gasteiger partial charge in [0.05, 0.1) is 12.8 Å². The number of nitrogens with zero attached hydrogens (tertiary/aromatic N) is 2. The lowest BCUT2D eigenvalue weighted by Crippen LogP contribution is -2.53. The maximum atomic E-state index is 13.0. The van der Waals surface area contributed by atoms with Gasteiger partial charge in [-0.2, -0.15) is 0 Å². The smallest absolute Gasteiger partial charge is 0.238 e. The molecule has 6 nitrogen and oxygen atoms in total. The SMILES string of the molecule is O=C(NCc1ccco1)C1(C(=O)N2CCN(c3cccc(Cl)c3)CC2)CC1. The molecule has 1 saturated carbocycles. The Morgan fingerprint density at radius 1 is 1.11 bits per heavy atom. The van der Waals surface area contributed by atoms with Gasteiger partial charge in [-0.25, -0.2) is 0 Å². The molecule has 142 valence electrons. The maximum absolute atomic E-state index is 13.0. The Balaban J connectivity index is 1.34. The molecule has 0 radical (unpaired) electrons. The van der Waals surface area contributed by atoms with E-state index in [1.54, 1.807) is 18.4 Å². The van der Waals surface area contributed by atoms with E-state index >= 15 is 0 Å². The Kier molecular flexibility index (Phi) is 4.83. The Hall–Kier alpha value is -2.47. The van der Waals surface area contributed by atoms with Crippen LogP contribution in [0.4, 0.5) is 5.69 Å². The van der Waals surface area contributed by atoms with E-state index in [2.05, 4.69) is 10.2 Å². The number of rotatable bonds is 5. The molecule has 0 bridgehead atoms. The molecule has 1 aliphatic carbocycles. The summed E-state index contributed by atoms with van der Waals surface area (Å²) in [6.45, 7) is 2.99. The molecule has 2 fully saturated rings. The molecule has 2 amide bonds. The van der Waals surface area contributed by atoms with Crippen molar-refractivity contribution in [2.24, 2.45) is 5.41 Å². The minimum Gasteiger partial charge on any atom is -0.467 e. The van der Waals surface area contributed by atoms with E-state index in [9.17, 15) is 9.59 Å². The van der Waals surface area contributed by atoms with Gasteiger partial charge in [-0.15, -0.1) is 0 Å². The molecule has 2 aromatic rings. The Labute approximate surface area is 163 Å². The summed E-state index contributed by atoms with van der Waals surface area (Å²) in [5.41, 5.74) is 0.178. The van der Waals surface area contributed by atoms with Crippen LogP contribution >= 0.6 is 11.6 Å². The first-order chi connectivity index (χ1) is 13.1. The standard InChI is InChI=1S/C20H22ClN3O3/c21-15-3-1-4-16(13-15)23-8-10-24(11-9-23)19(26)20(6-7-20)18(25)22-14-17-5-2-12-27-17/h1-5,12-13H,6-11,14H2,(H,22,25). The minimum absolute atomic E-state index is 0.0508. The van der Waals surface area contributed by atoms with Gasteiger partial charge >= 0.3 is 0 Å². The lowest BCUT2D eigenvalue weighted by atomic mass is 10.0. The van der Waals surface area contributed by atoms with Crippen LogP contribution in [0.3, 0.4) is 0 Å². The van der Waals surface area contributed by atoms with Crippen LogP contribution in [0.2, 0.25) is 5.02 Å². The van der Waals surface area contributed by atoms with Crippen molar-refractivity contribution in [2.75, 3.05) is 31.1 Å². The van der Waals surface area contributed by atoms with E-state index in [-0.39, 0.29) is 11.8 Å². The van der Waals surface area contributed by atoms with Gasteiger partial charge in [0.15, 0.2) is 0 Å². The Bertz CT molecular complexity index is 825. The fourth-order valence-corrected chi connectivity index (χ4v) is 3.74. The highest BCUT2D eigenvalue weighted by Crippen LogP contribution is 2.47. The van der Waals surface area contributed by atoms with Crippen molar-refractivity contribution in [1.29, 1.82) is 0 Å². The number of carbonyl (C=O) groups excluding carboxylic acids is 2. The monoisotopic (exact) mass is 387 g/mol. The third kappa shape index (κ3) is 3.67. The largest absolute Gasteiger partial charge is 0.467 e. The molecule has 4 rings (SSSR count). The molecule has 1 N–H and O–H groups in total. The number of piperazine rings is 1. The number of anilines is 1. The van der Waals surface area contributed by atoms with Gasteiger partial charge in [0, 0.05) is 36.9 Å². The first kappa shape index (κ1) is 17.9. The number of furan rings is 1. The number of hydrogen-bond donors (Lipinski definition) is 1. The molecule has 0 spiro atoms. The second kappa shape index (κ2) is 7.27. The second-order valence-corrected chi connectivity index (χ2v) is 7.54. The van der Waals surface area contributed by atoms with E-state index in [1.807, 2.05) is 29.2 Å². The number of nitrogens with one attached hydrogen (secondary N) is 1. The summed E-state index contributed by atoms with van der Waals surface area (Å²) < 4.78 is 5.23. The average molecular weight is 388 g/mol. The first-order valence-corrected chi connectivity index (χ1v) is 9.57. The topological polar surface area (TPSA) is 65.8 Å². The van der Waals surface area contributed by atoms with Crippen LogP contribution < -0.4 is 10.2 Å². The van der Waals surface area contributed by atoms with E-state index in [0.29, 0.717) is 43.3 Å². The zero-order valence-electron chi connectivity index (χ0n) is 15.0. The number of benzene rings is 1. The van der Waals surface area contributed by atoms with Gasteiger partial charge in [-0.05, 0) is 43.2 Å². The Morgan fingerprint density at radius 3 is 2.52 bits per heavy atom. The predicted molar refractivity (Wildman–Crippen MR) is 102 cm³/mol. The third-order valence-corrected chi connectivity index (χ3v) is 5.57. The highest BCUT2D eigenvalue weighted by Gasteiger charge is 2.58. The maximum Gasteiger partial charge on any atom is 0.238 e. The molecule has 1 aliphatic heterocycles. The Morgan fingerprint density at radius 2 is 1.89 bits per heavy atom. The summed E-state index contributed by atoms with van der Waals surface area (Å²) in [6, 6.07) is 11.3. The fraction of sp³-hybridized carbons (Fsp3) is 0.400. The van der Waals surface area contributed by atoms with E-state index in [0.717, 1.165) is 18.8 Å². The van der Waals surface area contributed by atoms with Crippen LogP contribution in [0.15, 0.2) is 47.1 Å². The third-order valence-electron chi connectivity index (χ3n) is 5.34. The molecule has 2 heterocycles. The van der Waals surface area contributed by atoms with Crippen LogP contribution in [-0.2, 0) is 16.1 Å². The van der Waals surface area contributed by atoms with Crippen molar-refractivity contribution in [2.45, 2.75) is 19.4 Å². The van der Waals surface area contributed by atoms with Gasteiger partial charge in [-0.1, -0.05) is 17.7 Å². The van der Waals surface area contributed by atoms with Crippen LogP contribution in [0.5, 0.6) is 0 Å². The minimum atomic E-state index is -0.884. The summed E-state index contributed by atoms with van der Waals surface area (Å²) in [4.78, 5) is 29.6. The molecule has 27 heavy (non-hydrogen) atoms. The molecule has 0 atom stereocenters. The predicted octanol–water partition coefficient (Wildman–Crippen LogP) is 2.68. The lowest BCUT2D eigenvalue weighted by molar-refractivity contribution is -0.144. The summed E-state index contributed by atoms with van der Waals surface area (Å²) in [5.74, 6) is 0.438. The highest BCUT2D eigenvalue weighted by molar-refractivity contribution is 6.30. The fourth-order valence-electron chi connectivity index (χ4n) is 3.56. The van der Waals surface area contributed by atoms with Crippen molar-refractivity contribution in [3.05, 3.63) is 53.4 Å². The molecule has 1 saturated heterocycles. The van der Waals surface area contributed by atoms with Crippen molar-refractivity contribution >= 4 is 29.1 Å². The summed E-state index contributed by atoms with van der Waals surface area (Å²) in [7, 11) is 0. The van der Waals surface area contributed by atoms with Crippen molar-refractivity contribution < 1.29 is 14.0 Å². The normalized spacial score (nSPS) is 18.3. The lowest BCUT2D eigenvalue weighted by Gasteiger charge is -2.37. The average Bonchev–Trinajstić information content (AvgIpc) is 3.34. The number of carbonyl (C=O) groups is 2. The summed E-state index contributed by atoms with van der Waals surface area (Å²) >= 11 is 6.07. The van der Waals surface area contributed by atoms with Crippen LogP contribution in [0.25, 0.3) is 0 Å². The zero-order valence-corrected chi connectivity index (χ0v) is 15.7. The van der Waals surface area contributed by atoms with Gasteiger partial charge in [-0.3, -0.25) is 9.59 Å². The molecule has 0 unspecified atom stereocenters. The van der Waals surface area contributed by atoms with Crippen LogP contribution in [0.1, 0.15) is 18.6 Å². The molecular formula is C20H22ClN3O3. The van der Waals surface area contributed by atoms with E-state index in [1.165, 1.54) is 0 Å². The number of hydrogen-bond acceptors (Lipinski definition) is 4. The summed E-state index contributed by atoms with van der Waals surface area (Å²) in [5, 5.41) is 3.55. The van der Waals surface area contributed by atoms with Crippen LogP contribution in [-0.4, -0.2) is 42.9 Å². The van der Waals surface area contributed by atoms with Crippen molar-refractivity contribution in [3.8, 4) is 0 Å². The summed E-state index contributed by atoms with van der Waals surface area (Å²) in [6.07, 6.45) is 2.80. The molecule has 1 aromatic heterocycles. The number of amides is 2. The quantitative estimate of drug-likeness (QED) is 0.801. The second-order valence-electron chi connectivity index (χ2n) is 7.10. The van der Waals surface area contributed by atoms with Gasteiger partial charge in [0.25, 0.3) is 0 Å². The number of halogens is 1. The zero-order chi connectivity index (χ0) is 18.9. The first-order valence-electron chi connectivity index (χ1n) is 9.19. The molecule has 1 aromatic carbocycles. The van der Waals surface area contributed by atoms with Gasteiger partial charge in [0.1, 0.15) is 11.2 Å². The van der Waals surface area contributed by atoms with Crippen molar-refractivity contribution in [3.63, 3.8) is 0 Å². The molecule has 2 aliphatic rings. The molecule has 7 heteroatoms. The van der Waals surface area contributed by atoms with Gasteiger partial charge in [0.2, 0.25) is 11.8 Å². The molecular weight excluding hydrogens is 366 g/mol. The van der Waals surface area contributed by atoms with E-state index < -0.39 is 5.41 Å². The highest BCUT2D eigenvalue weighted by atomic mass is 35.5. The van der Waals surface area contributed by atoms with Crippen LogP contribution in [0, 0.1) is 5.41 Å². The van der Waals surface area contributed by atoms with E-state index in [4.69, 9.17) is 16.0 Å². The van der Waals surface area contributed by atoms with Crippen molar-refractivity contribution in [1.82, 2.24) is 10.2 Å². The van der Waals surface area contributed by atoms with Gasteiger partial charge < -0.3 is 19.5 Å².